The third-order valence-corrected chi connectivity index (χ3v) is 3.14. The van der Waals surface area contributed by atoms with E-state index in [9.17, 15) is 0 Å². The van der Waals surface area contributed by atoms with Crippen molar-refractivity contribution in [3.05, 3.63) is 35.4 Å². The van der Waals surface area contributed by atoms with Gasteiger partial charge in [0.1, 0.15) is 4.99 Å². The first-order chi connectivity index (χ1) is 8.69. The molecule has 0 saturated heterocycles. The summed E-state index contributed by atoms with van der Waals surface area (Å²) in [6, 6.07) is 7.94. The summed E-state index contributed by atoms with van der Waals surface area (Å²) in [6.45, 7) is 4.81. The van der Waals surface area contributed by atoms with Gasteiger partial charge in [-0.3, -0.25) is 4.90 Å². The molecule has 0 aliphatic carbocycles. The highest BCUT2D eigenvalue weighted by Crippen LogP contribution is 2.12. The fraction of sp³-hybridized carbons (Fsp3) is 0.500. The molecular weight excluding hydrogens is 244 g/mol. The van der Waals surface area contributed by atoms with Crippen LogP contribution in [0, 0.1) is 0 Å². The lowest BCUT2D eigenvalue weighted by Crippen LogP contribution is -2.28. The lowest BCUT2D eigenvalue weighted by molar-refractivity contribution is 0.188. The molecule has 3 nitrogen and oxygen atoms in total. The van der Waals surface area contributed by atoms with Gasteiger partial charge >= 0.3 is 0 Å². The van der Waals surface area contributed by atoms with Crippen molar-refractivity contribution in [3.8, 4) is 0 Å². The minimum absolute atomic E-state index is 0.180. The smallest absolute Gasteiger partial charge is 0.104 e. The van der Waals surface area contributed by atoms with Crippen molar-refractivity contribution in [2.45, 2.75) is 26.3 Å². The number of aliphatic hydroxyl groups excluding tert-OH is 1. The maximum absolute atomic E-state index is 9.10. The largest absolute Gasteiger partial charge is 0.395 e. The Balaban J connectivity index is 2.76. The highest BCUT2D eigenvalue weighted by atomic mass is 32.1. The zero-order valence-electron chi connectivity index (χ0n) is 10.9. The van der Waals surface area contributed by atoms with Crippen molar-refractivity contribution in [1.82, 2.24) is 4.90 Å². The van der Waals surface area contributed by atoms with E-state index in [2.05, 4.69) is 11.8 Å². The molecule has 0 heterocycles. The van der Waals surface area contributed by atoms with Crippen LogP contribution in [0.15, 0.2) is 24.3 Å². The Hall–Kier alpha value is -0.970. The molecule has 0 unspecified atom stereocenters. The SMILES string of the molecule is CCCCN(CCO)Cc1ccccc1C(N)=S. The molecule has 0 spiro atoms. The molecule has 0 amide bonds. The Morgan fingerprint density at radius 3 is 2.67 bits per heavy atom. The van der Waals surface area contributed by atoms with Crippen molar-refractivity contribution in [3.63, 3.8) is 0 Å². The van der Waals surface area contributed by atoms with Crippen molar-refractivity contribution < 1.29 is 5.11 Å². The van der Waals surface area contributed by atoms with Crippen LogP contribution < -0.4 is 5.73 Å². The predicted octanol–water partition coefficient (Wildman–Crippen LogP) is 1.92. The average Bonchev–Trinajstić information content (AvgIpc) is 2.36. The lowest BCUT2D eigenvalue weighted by atomic mass is 10.1. The van der Waals surface area contributed by atoms with Crippen molar-refractivity contribution in [2.75, 3.05) is 19.7 Å². The molecule has 0 bridgehead atoms. The topological polar surface area (TPSA) is 49.5 Å². The zero-order valence-corrected chi connectivity index (χ0v) is 11.7. The van der Waals surface area contributed by atoms with Crippen LogP contribution in [-0.4, -0.2) is 34.7 Å². The van der Waals surface area contributed by atoms with Crippen LogP contribution in [0.4, 0.5) is 0 Å². The minimum Gasteiger partial charge on any atom is -0.395 e. The molecule has 1 aromatic rings. The van der Waals surface area contributed by atoms with Crippen LogP contribution in [0.5, 0.6) is 0 Å². The molecular formula is C14H22N2OS. The van der Waals surface area contributed by atoms with E-state index >= 15 is 0 Å². The average molecular weight is 266 g/mol. The maximum Gasteiger partial charge on any atom is 0.104 e. The number of hydrogen-bond acceptors (Lipinski definition) is 3. The number of aliphatic hydroxyl groups is 1. The fourth-order valence-corrected chi connectivity index (χ4v) is 2.13. The Morgan fingerprint density at radius 2 is 2.06 bits per heavy atom. The Morgan fingerprint density at radius 1 is 1.33 bits per heavy atom. The van der Waals surface area contributed by atoms with Crippen LogP contribution in [0.3, 0.4) is 0 Å². The normalized spacial score (nSPS) is 10.8. The van der Waals surface area contributed by atoms with Gasteiger partial charge in [0.05, 0.1) is 6.61 Å². The first kappa shape index (κ1) is 15.1. The summed E-state index contributed by atoms with van der Waals surface area (Å²) in [4.78, 5) is 2.67. The fourth-order valence-electron chi connectivity index (χ4n) is 1.93. The molecule has 0 aliphatic rings. The van der Waals surface area contributed by atoms with Gasteiger partial charge in [0.2, 0.25) is 0 Å². The van der Waals surface area contributed by atoms with Crippen LogP contribution >= 0.6 is 12.2 Å². The van der Waals surface area contributed by atoms with Crippen LogP contribution in [0.1, 0.15) is 30.9 Å². The van der Waals surface area contributed by atoms with Gasteiger partial charge in [-0.05, 0) is 18.5 Å². The molecule has 0 radical (unpaired) electrons. The van der Waals surface area contributed by atoms with Gasteiger partial charge in [-0.25, -0.2) is 0 Å². The first-order valence-electron chi connectivity index (χ1n) is 6.40. The van der Waals surface area contributed by atoms with E-state index in [0.29, 0.717) is 11.5 Å². The summed E-state index contributed by atoms with van der Waals surface area (Å²) in [6.07, 6.45) is 2.29. The molecule has 0 saturated carbocycles. The van der Waals surface area contributed by atoms with Crippen molar-refractivity contribution >= 4 is 17.2 Å². The minimum atomic E-state index is 0.180. The monoisotopic (exact) mass is 266 g/mol. The van der Waals surface area contributed by atoms with Gasteiger partial charge in [-0.2, -0.15) is 0 Å². The number of unbranched alkanes of at least 4 members (excludes halogenated alkanes) is 1. The Kier molecular flexibility index (Phi) is 6.86. The van der Waals surface area contributed by atoms with E-state index in [1.54, 1.807) is 0 Å². The van der Waals surface area contributed by atoms with Gasteiger partial charge in [-0.1, -0.05) is 49.8 Å². The number of rotatable bonds is 8. The predicted molar refractivity (Wildman–Crippen MR) is 79.6 cm³/mol. The summed E-state index contributed by atoms with van der Waals surface area (Å²) in [5.74, 6) is 0. The standard InChI is InChI=1S/C14H22N2OS/c1-2-3-8-16(9-10-17)11-12-6-4-5-7-13(12)14(15)18/h4-7,17H,2-3,8-11H2,1H3,(H2,15,18). The van der Waals surface area contributed by atoms with Crippen LogP contribution in [0.25, 0.3) is 0 Å². The molecule has 0 aliphatic heterocycles. The third-order valence-electron chi connectivity index (χ3n) is 2.92. The van der Waals surface area contributed by atoms with Gasteiger partial charge < -0.3 is 10.8 Å². The molecule has 0 fully saturated rings. The Bertz CT molecular complexity index is 382. The summed E-state index contributed by atoms with van der Waals surface area (Å²) < 4.78 is 0. The highest BCUT2D eigenvalue weighted by Gasteiger charge is 2.09. The summed E-state index contributed by atoms with van der Waals surface area (Å²) >= 11 is 5.06. The molecule has 1 rings (SSSR count). The molecule has 100 valence electrons. The number of hydrogen-bond donors (Lipinski definition) is 2. The summed E-state index contributed by atoms with van der Waals surface area (Å²) in [5.41, 5.74) is 7.80. The number of benzene rings is 1. The van der Waals surface area contributed by atoms with Gasteiger partial charge in [0, 0.05) is 18.7 Å². The van der Waals surface area contributed by atoms with Crippen molar-refractivity contribution in [2.24, 2.45) is 5.73 Å². The second-order valence-electron chi connectivity index (χ2n) is 4.37. The third kappa shape index (κ3) is 4.72. The van der Waals surface area contributed by atoms with E-state index in [1.807, 2.05) is 24.3 Å². The van der Waals surface area contributed by atoms with E-state index in [-0.39, 0.29) is 6.61 Å². The van der Waals surface area contributed by atoms with Gasteiger partial charge in [0.15, 0.2) is 0 Å². The quantitative estimate of drug-likeness (QED) is 0.706. The van der Waals surface area contributed by atoms with Crippen molar-refractivity contribution in [1.29, 1.82) is 0 Å². The van der Waals surface area contributed by atoms with E-state index in [4.69, 9.17) is 23.1 Å². The second kappa shape index (κ2) is 8.19. The van der Waals surface area contributed by atoms with E-state index in [0.717, 1.165) is 37.1 Å². The molecule has 1 aromatic carbocycles. The van der Waals surface area contributed by atoms with Gasteiger partial charge in [-0.15, -0.1) is 0 Å². The van der Waals surface area contributed by atoms with E-state index in [1.165, 1.54) is 0 Å². The molecule has 4 heteroatoms. The van der Waals surface area contributed by atoms with E-state index < -0.39 is 0 Å². The molecule has 3 N–H and O–H groups in total. The first-order valence-corrected chi connectivity index (χ1v) is 6.80. The number of nitrogens with zero attached hydrogens (tertiary/aromatic N) is 1. The number of thiocarbonyl (C=S) groups is 1. The molecule has 0 atom stereocenters. The zero-order chi connectivity index (χ0) is 13.4. The number of nitrogens with two attached hydrogens (primary N) is 1. The summed E-state index contributed by atoms with van der Waals surface area (Å²) in [5, 5.41) is 9.10. The maximum atomic E-state index is 9.10. The van der Waals surface area contributed by atoms with Gasteiger partial charge in [0.25, 0.3) is 0 Å². The van der Waals surface area contributed by atoms with Crippen LogP contribution in [-0.2, 0) is 6.54 Å². The lowest BCUT2D eigenvalue weighted by Gasteiger charge is -2.22. The highest BCUT2D eigenvalue weighted by molar-refractivity contribution is 7.80. The molecule has 18 heavy (non-hydrogen) atoms. The Labute approximate surface area is 115 Å². The summed E-state index contributed by atoms with van der Waals surface area (Å²) in [7, 11) is 0. The second-order valence-corrected chi connectivity index (χ2v) is 4.81. The van der Waals surface area contributed by atoms with Crippen LogP contribution in [0.2, 0.25) is 0 Å². The molecule has 0 aromatic heterocycles.